The number of ether oxygens (including phenoxy) is 1. The first-order chi connectivity index (χ1) is 9.72. The summed E-state index contributed by atoms with van der Waals surface area (Å²) in [6.45, 7) is 2.17. The normalized spacial score (nSPS) is 12.2. The molecule has 106 valence electrons. The van der Waals surface area contributed by atoms with Gasteiger partial charge in [-0.3, -0.25) is 0 Å². The molecule has 1 atom stereocenters. The first-order valence-electron chi connectivity index (χ1n) is 7.12. The van der Waals surface area contributed by atoms with E-state index in [1.54, 1.807) is 7.11 Å². The van der Waals surface area contributed by atoms with Crippen LogP contribution in [0.15, 0.2) is 48.5 Å². The maximum Gasteiger partial charge on any atom is 0.119 e. The van der Waals surface area contributed by atoms with Gasteiger partial charge in [-0.1, -0.05) is 49.7 Å². The molecule has 0 aliphatic carbocycles. The minimum Gasteiger partial charge on any atom is -0.497 e. The van der Waals surface area contributed by atoms with E-state index in [0.717, 1.165) is 29.7 Å². The van der Waals surface area contributed by atoms with Crippen LogP contribution in [0.4, 0.5) is 0 Å². The number of hydrogen-bond acceptors (Lipinski definition) is 2. The molecular weight excluding hydrogens is 248 g/mol. The Hall–Kier alpha value is -1.80. The van der Waals surface area contributed by atoms with Gasteiger partial charge in [0.05, 0.1) is 13.2 Å². The standard InChI is InChI=1S/C18H22O2/c1-3-6-14-7-4-9-16(11-14)18(19)13-15-8-5-10-17(12-15)20-2/h4-5,7-12,18-19H,3,6,13H2,1-2H3. The van der Waals surface area contributed by atoms with Gasteiger partial charge in [0.1, 0.15) is 5.75 Å². The number of aryl methyl sites for hydroxylation is 1. The van der Waals surface area contributed by atoms with E-state index in [0.29, 0.717) is 6.42 Å². The van der Waals surface area contributed by atoms with Crippen LogP contribution in [0.5, 0.6) is 5.75 Å². The molecule has 0 aromatic heterocycles. The second kappa shape index (κ2) is 7.11. The predicted octanol–water partition coefficient (Wildman–Crippen LogP) is 3.92. The summed E-state index contributed by atoms with van der Waals surface area (Å²) in [4.78, 5) is 0. The molecule has 2 nitrogen and oxygen atoms in total. The third-order valence-electron chi connectivity index (χ3n) is 3.44. The first-order valence-corrected chi connectivity index (χ1v) is 7.12. The lowest BCUT2D eigenvalue weighted by molar-refractivity contribution is 0.178. The number of aliphatic hydroxyl groups is 1. The number of methoxy groups -OCH3 is 1. The zero-order valence-corrected chi connectivity index (χ0v) is 12.2. The van der Waals surface area contributed by atoms with Gasteiger partial charge >= 0.3 is 0 Å². The van der Waals surface area contributed by atoms with E-state index in [1.807, 2.05) is 36.4 Å². The van der Waals surface area contributed by atoms with Gasteiger partial charge in [0.25, 0.3) is 0 Å². The van der Waals surface area contributed by atoms with Gasteiger partial charge in [-0.2, -0.15) is 0 Å². The quantitative estimate of drug-likeness (QED) is 0.862. The Kier molecular flexibility index (Phi) is 5.19. The van der Waals surface area contributed by atoms with Crippen molar-refractivity contribution in [3.8, 4) is 5.75 Å². The van der Waals surface area contributed by atoms with E-state index in [-0.39, 0.29) is 0 Å². The van der Waals surface area contributed by atoms with Crippen molar-refractivity contribution in [3.63, 3.8) is 0 Å². The molecule has 0 aliphatic rings. The van der Waals surface area contributed by atoms with Crippen LogP contribution in [0.3, 0.4) is 0 Å². The van der Waals surface area contributed by atoms with Gasteiger partial charge in [-0.25, -0.2) is 0 Å². The van der Waals surface area contributed by atoms with E-state index in [9.17, 15) is 5.11 Å². The second-order valence-corrected chi connectivity index (χ2v) is 5.07. The minimum atomic E-state index is -0.473. The van der Waals surface area contributed by atoms with Gasteiger partial charge < -0.3 is 9.84 Å². The molecule has 0 saturated carbocycles. The Morgan fingerprint density at radius 3 is 2.55 bits per heavy atom. The van der Waals surface area contributed by atoms with E-state index in [4.69, 9.17) is 4.74 Å². The molecule has 0 aliphatic heterocycles. The fourth-order valence-corrected chi connectivity index (χ4v) is 2.39. The fourth-order valence-electron chi connectivity index (χ4n) is 2.39. The second-order valence-electron chi connectivity index (χ2n) is 5.07. The maximum atomic E-state index is 10.4. The van der Waals surface area contributed by atoms with Crippen molar-refractivity contribution in [2.75, 3.05) is 7.11 Å². The molecule has 2 rings (SSSR count). The molecule has 2 aromatic rings. The highest BCUT2D eigenvalue weighted by Gasteiger charge is 2.09. The highest BCUT2D eigenvalue weighted by atomic mass is 16.5. The van der Waals surface area contributed by atoms with E-state index in [2.05, 4.69) is 19.1 Å². The van der Waals surface area contributed by atoms with Crippen molar-refractivity contribution in [1.82, 2.24) is 0 Å². The van der Waals surface area contributed by atoms with Crippen molar-refractivity contribution < 1.29 is 9.84 Å². The summed E-state index contributed by atoms with van der Waals surface area (Å²) >= 11 is 0. The van der Waals surface area contributed by atoms with Crippen LogP contribution in [0, 0.1) is 0 Å². The third kappa shape index (κ3) is 3.84. The Labute approximate surface area is 121 Å². The predicted molar refractivity (Wildman–Crippen MR) is 82.1 cm³/mol. The largest absolute Gasteiger partial charge is 0.497 e. The molecule has 0 spiro atoms. The van der Waals surface area contributed by atoms with Crippen molar-refractivity contribution in [2.45, 2.75) is 32.3 Å². The van der Waals surface area contributed by atoms with E-state index >= 15 is 0 Å². The molecule has 2 aromatic carbocycles. The maximum absolute atomic E-state index is 10.4. The van der Waals surface area contributed by atoms with Crippen LogP contribution in [0.1, 0.15) is 36.1 Å². The molecule has 0 radical (unpaired) electrons. The smallest absolute Gasteiger partial charge is 0.119 e. The summed E-state index contributed by atoms with van der Waals surface area (Å²) in [5, 5.41) is 10.4. The summed E-state index contributed by atoms with van der Waals surface area (Å²) in [6.07, 6.45) is 2.31. The van der Waals surface area contributed by atoms with Crippen LogP contribution < -0.4 is 4.74 Å². The molecule has 0 saturated heterocycles. The molecule has 20 heavy (non-hydrogen) atoms. The molecule has 1 unspecified atom stereocenters. The Balaban J connectivity index is 2.10. The van der Waals surface area contributed by atoms with Gasteiger partial charge in [-0.05, 0) is 35.2 Å². The molecule has 0 fully saturated rings. The van der Waals surface area contributed by atoms with Crippen LogP contribution in [0.25, 0.3) is 0 Å². The average Bonchev–Trinajstić information content (AvgIpc) is 2.48. The third-order valence-corrected chi connectivity index (χ3v) is 3.44. The fraction of sp³-hybridized carbons (Fsp3) is 0.333. The van der Waals surface area contributed by atoms with E-state index < -0.39 is 6.10 Å². The summed E-state index contributed by atoms with van der Waals surface area (Å²) in [6, 6.07) is 16.1. The van der Waals surface area contributed by atoms with Crippen LogP contribution in [-0.2, 0) is 12.8 Å². The highest BCUT2D eigenvalue weighted by molar-refractivity contribution is 5.31. The monoisotopic (exact) mass is 270 g/mol. The summed E-state index contributed by atoms with van der Waals surface area (Å²) in [5.41, 5.74) is 3.35. The van der Waals surface area contributed by atoms with Gasteiger partial charge in [0, 0.05) is 6.42 Å². The molecule has 0 heterocycles. The Bertz CT molecular complexity index is 549. The average molecular weight is 270 g/mol. The number of rotatable bonds is 6. The molecule has 0 bridgehead atoms. The van der Waals surface area contributed by atoms with Crippen molar-refractivity contribution in [3.05, 3.63) is 65.2 Å². The lowest BCUT2D eigenvalue weighted by Gasteiger charge is -2.13. The summed E-state index contributed by atoms with van der Waals surface area (Å²) in [5.74, 6) is 0.828. The lowest BCUT2D eigenvalue weighted by Crippen LogP contribution is -2.02. The van der Waals surface area contributed by atoms with Crippen molar-refractivity contribution >= 4 is 0 Å². The van der Waals surface area contributed by atoms with E-state index in [1.165, 1.54) is 5.56 Å². The molecule has 2 heteroatoms. The number of hydrogen-bond donors (Lipinski definition) is 1. The Morgan fingerprint density at radius 2 is 1.80 bits per heavy atom. The van der Waals surface area contributed by atoms with Gasteiger partial charge in [0.2, 0.25) is 0 Å². The number of aliphatic hydroxyl groups excluding tert-OH is 1. The lowest BCUT2D eigenvalue weighted by atomic mass is 9.98. The van der Waals surface area contributed by atoms with Gasteiger partial charge in [0.15, 0.2) is 0 Å². The van der Waals surface area contributed by atoms with Crippen LogP contribution >= 0.6 is 0 Å². The Morgan fingerprint density at radius 1 is 1.05 bits per heavy atom. The zero-order valence-electron chi connectivity index (χ0n) is 12.2. The summed E-state index contributed by atoms with van der Waals surface area (Å²) in [7, 11) is 1.66. The minimum absolute atomic E-state index is 0.473. The van der Waals surface area contributed by atoms with Crippen LogP contribution in [0.2, 0.25) is 0 Å². The van der Waals surface area contributed by atoms with Gasteiger partial charge in [-0.15, -0.1) is 0 Å². The SMILES string of the molecule is CCCc1cccc(C(O)Cc2cccc(OC)c2)c1. The highest BCUT2D eigenvalue weighted by Crippen LogP contribution is 2.22. The molecular formula is C18H22O2. The number of benzene rings is 2. The summed E-state index contributed by atoms with van der Waals surface area (Å²) < 4.78 is 5.21. The first kappa shape index (κ1) is 14.6. The topological polar surface area (TPSA) is 29.5 Å². The van der Waals surface area contributed by atoms with Crippen molar-refractivity contribution in [2.24, 2.45) is 0 Å². The zero-order chi connectivity index (χ0) is 14.4. The molecule has 0 amide bonds. The molecule has 1 N–H and O–H groups in total. The van der Waals surface area contributed by atoms with Crippen LogP contribution in [-0.4, -0.2) is 12.2 Å². The van der Waals surface area contributed by atoms with Crippen molar-refractivity contribution in [1.29, 1.82) is 0 Å².